The zero-order valence-corrected chi connectivity index (χ0v) is 9.61. The van der Waals surface area contributed by atoms with Gasteiger partial charge in [-0.3, -0.25) is 5.84 Å². The first kappa shape index (κ1) is 12.5. The Morgan fingerprint density at radius 2 is 2.23 bits per heavy atom. The van der Waals surface area contributed by atoms with Gasteiger partial charge in [-0.05, 0) is 35.0 Å². The molecule has 0 fully saturated rings. The van der Waals surface area contributed by atoms with Crippen molar-refractivity contribution in [3.8, 4) is 5.75 Å². The van der Waals surface area contributed by atoms with Gasteiger partial charge in [-0.25, -0.2) is 0 Å². The third-order valence-corrected chi connectivity index (χ3v) is 2.05. The van der Waals surface area contributed by atoms with Crippen molar-refractivity contribution in [1.82, 2.24) is 0 Å². The fourth-order valence-electron chi connectivity index (χ4n) is 0.859. The molecule has 0 amide bonds. The molecule has 0 spiro atoms. The van der Waals surface area contributed by atoms with Gasteiger partial charge in [0.25, 0.3) is 0 Å². The molecule has 0 heterocycles. The molecule has 0 aliphatic rings. The molecule has 1 aromatic carbocycles. The van der Waals surface area contributed by atoms with Gasteiger partial charge in [-0.15, -0.1) is 12.4 Å². The standard InChI is InChI=1S/C8H11BrN2O.ClH/c1-2-12-8-5-6(11-10)3-4-7(8)9;/h3-5,11H,2,10H2,1H3;1H. The molecule has 3 nitrogen and oxygen atoms in total. The van der Waals surface area contributed by atoms with E-state index in [0.29, 0.717) is 6.61 Å². The van der Waals surface area contributed by atoms with Crippen LogP contribution in [0.15, 0.2) is 22.7 Å². The van der Waals surface area contributed by atoms with Crippen LogP contribution in [0.4, 0.5) is 5.69 Å². The topological polar surface area (TPSA) is 47.3 Å². The molecule has 0 saturated heterocycles. The minimum Gasteiger partial charge on any atom is -0.493 e. The Morgan fingerprint density at radius 1 is 1.54 bits per heavy atom. The van der Waals surface area contributed by atoms with E-state index in [1.807, 2.05) is 25.1 Å². The predicted molar refractivity (Wildman–Crippen MR) is 60.4 cm³/mol. The average Bonchev–Trinajstić information content (AvgIpc) is 2.09. The molecule has 0 bridgehead atoms. The van der Waals surface area contributed by atoms with Crippen molar-refractivity contribution in [2.24, 2.45) is 5.84 Å². The van der Waals surface area contributed by atoms with Crippen LogP contribution in [-0.4, -0.2) is 6.61 Å². The molecule has 0 saturated carbocycles. The van der Waals surface area contributed by atoms with Gasteiger partial charge in [-0.1, -0.05) is 0 Å². The van der Waals surface area contributed by atoms with Gasteiger partial charge in [0, 0.05) is 6.07 Å². The molecule has 0 atom stereocenters. The lowest BCUT2D eigenvalue weighted by Crippen LogP contribution is -2.06. The smallest absolute Gasteiger partial charge is 0.135 e. The lowest BCUT2D eigenvalue weighted by Gasteiger charge is -2.07. The zero-order valence-electron chi connectivity index (χ0n) is 7.21. The molecule has 74 valence electrons. The Balaban J connectivity index is 0.00000144. The second kappa shape index (κ2) is 6.07. The Labute approximate surface area is 92.2 Å². The average molecular weight is 268 g/mol. The highest BCUT2D eigenvalue weighted by molar-refractivity contribution is 9.10. The fourth-order valence-corrected chi connectivity index (χ4v) is 1.22. The van der Waals surface area contributed by atoms with Crippen LogP contribution in [0.5, 0.6) is 5.75 Å². The van der Waals surface area contributed by atoms with E-state index in [1.165, 1.54) is 0 Å². The third kappa shape index (κ3) is 3.42. The van der Waals surface area contributed by atoms with Gasteiger partial charge in [0.2, 0.25) is 0 Å². The molecule has 0 aliphatic heterocycles. The van der Waals surface area contributed by atoms with Gasteiger partial charge in [0.1, 0.15) is 5.75 Å². The number of hydrogen-bond donors (Lipinski definition) is 2. The van der Waals surface area contributed by atoms with E-state index in [-0.39, 0.29) is 12.4 Å². The number of hydrogen-bond acceptors (Lipinski definition) is 3. The van der Waals surface area contributed by atoms with Crippen LogP contribution >= 0.6 is 28.3 Å². The normalized spacial score (nSPS) is 8.85. The van der Waals surface area contributed by atoms with Crippen LogP contribution in [0.1, 0.15) is 6.92 Å². The number of hydrazine groups is 1. The third-order valence-electron chi connectivity index (χ3n) is 1.40. The second-order valence-corrected chi connectivity index (χ2v) is 3.08. The van der Waals surface area contributed by atoms with E-state index in [2.05, 4.69) is 21.4 Å². The molecule has 13 heavy (non-hydrogen) atoms. The number of nitrogens with two attached hydrogens (primary N) is 1. The first-order valence-corrected chi connectivity index (χ1v) is 4.46. The summed E-state index contributed by atoms with van der Waals surface area (Å²) in [5.41, 5.74) is 3.39. The number of nitrogens with one attached hydrogen (secondary N) is 1. The highest BCUT2D eigenvalue weighted by Crippen LogP contribution is 2.27. The van der Waals surface area contributed by atoms with Crippen molar-refractivity contribution in [2.45, 2.75) is 6.92 Å². The summed E-state index contributed by atoms with van der Waals surface area (Å²) in [4.78, 5) is 0. The van der Waals surface area contributed by atoms with E-state index >= 15 is 0 Å². The molecule has 3 N–H and O–H groups in total. The van der Waals surface area contributed by atoms with Gasteiger partial charge in [0.05, 0.1) is 16.8 Å². The van der Waals surface area contributed by atoms with Crippen molar-refractivity contribution < 1.29 is 4.74 Å². The summed E-state index contributed by atoms with van der Waals surface area (Å²) in [5.74, 6) is 6.04. The monoisotopic (exact) mass is 266 g/mol. The first-order chi connectivity index (χ1) is 5.77. The Bertz CT molecular complexity index is 270. The Kier molecular flexibility index (Phi) is 5.86. The molecular weight excluding hydrogens is 255 g/mol. The minimum atomic E-state index is 0. The molecule has 0 radical (unpaired) electrons. The summed E-state index contributed by atoms with van der Waals surface area (Å²) >= 11 is 3.37. The summed E-state index contributed by atoms with van der Waals surface area (Å²) in [6.07, 6.45) is 0. The predicted octanol–water partition coefficient (Wildman–Crippen LogP) is 2.56. The maximum Gasteiger partial charge on any atom is 0.135 e. The van der Waals surface area contributed by atoms with E-state index in [0.717, 1.165) is 15.9 Å². The second-order valence-electron chi connectivity index (χ2n) is 2.22. The van der Waals surface area contributed by atoms with Crippen molar-refractivity contribution in [1.29, 1.82) is 0 Å². The summed E-state index contributed by atoms with van der Waals surface area (Å²) in [7, 11) is 0. The van der Waals surface area contributed by atoms with Gasteiger partial charge < -0.3 is 10.2 Å². The van der Waals surface area contributed by atoms with Crippen LogP contribution in [0.2, 0.25) is 0 Å². The maximum atomic E-state index is 5.34. The van der Waals surface area contributed by atoms with E-state index in [1.54, 1.807) is 0 Å². The van der Waals surface area contributed by atoms with Crippen molar-refractivity contribution in [3.05, 3.63) is 22.7 Å². The van der Waals surface area contributed by atoms with Gasteiger partial charge in [0.15, 0.2) is 0 Å². The Hall–Kier alpha value is -0.450. The first-order valence-electron chi connectivity index (χ1n) is 3.67. The Morgan fingerprint density at radius 3 is 2.77 bits per heavy atom. The van der Waals surface area contributed by atoms with E-state index in [9.17, 15) is 0 Å². The lowest BCUT2D eigenvalue weighted by atomic mass is 10.3. The molecule has 5 heteroatoms. The summed E-state index contributed by atoms with van der Waals surface area (Å²) < 4.78 is 6.27. The van der Waals surface area contributed by atoms with Crippen molar-refractivity contribution in [3.63, 3.8) is 0 Å². The van der Waals surface area contributed by atoms with Gasteiger partial charge >= 0.3 is 0 Å². The minimum absolute atomic E-state index is 0. The van der Waals surface area contributed by atoms with E-state index in [4.69, 9.17) is 10.6 Å². The molecule has 0 aliphatic carbocycles. The van der Waals surface area contributed by atoms with Crippen LogP contribution in [0, 0.1) is 0 Å². The number of halogens is 2. The SMILES string of the molecule is CCOc1cc(NN)ccc1Br.Cl. The summed E-state index contributed by atoms with van der Waals surface area (Å²) in [5, 5.41) is 0. The largest absolute Gasteiger partial charge is 0.493 e. The number of anilines is 1. The highest BCUT2D eigenvalue weighted by atomic mass is 79.9. The molecule has 0 aromatic heterocycles. The number of benzene rings is 1. The fraction of sp³-hybridized carbons (Fsp3) is 0.250. The van der Waals surface area contributed by atoms with Crippen LogP contribution in [-0.2, 0) is 0 Å². The van der Waals surface area contributed by atoms with Gasteiger partial charge in [-0.2, -0.15) is 0 Å². The van der Waals surface area contributed by atoms with Crippen LogP contribution < -0.4 is 16.0 Å². The van der Waals surface area contributed by atoms with Crippen molar-refractivity contribution in [2.75, 3.05) is 12.0 Å². The molecule has 0 unspecified atom stereocenters. The van der Waals surface area contributed by atoms with E-state index < -0.39 is 0 Å². The van der Waals surface area contributed by atoms with Crippen LogP contribution in [0.3, 0.4) is 0 Å². The lowest BCUT2D eigenvalue weighted by molar-refractivity contribution is 0.338. The highest BCUT2D eigenvalue weighted by Gasteiger charge is 2.00. The molecule has 1 rings (SSSR count). The quantitative estimate of drug-likeness (QED) is 0.653. The number of rotatable bonds is 3. The number of ether oxygens (including phenoxy) is 1. The summed E-state index contributed by atoms with van der Waals surface area (Å²) in [6, 6.07) is 5.60. The maximum absolute atomic E-state index is 5.34. The van der Waals surface area contributed by atoms with Crippen molar-refractivity contribution >= 4 is 34.0 Å². The summed E-state index contributed by atoms with van der Waals surface area (Å²) in [6.45, 7) is 2.58. The zero-order chi connectivity index (χ0) is 8.97. The number of nitrogen functional groups attached to an aromatic ring is 1. The molecule has 1 aromatic rings. The molecular formula is C8H12BrClN2O. The van der Waals surface area contributed by atoms with Crippen LogP contribution in [0.25, 0.3) is 0 Å².